The summed E-state index contributed by atoms with van der Waals surface area (Å²) < 4.78 is 45.7. The van der Waals surface area contributed by atoms with Crippen LogP contribution in [0.1, 0.15) is 16.1 Å². The first-order valence-electron chi connectivity index (χ1n) is 9.39. The van der Waals surface area contributed by atoms with Crippen LogP contribution in [0.2, 0.25) is 5.02 Å². The predicted molar refractivity (Wildman–Crippen MR) is 116 cm³/mol. The van der Waals surface area contributed by atoms with Crippen LogP contribution in [-0.4, -0.2) is 20.6 Å². The molecule has 0 radical (unpaired) electrons. The number of hydrogen-bond acceptors (Lipinski definition) is 4. The first kappa shape index (κ1) is 22.2. The highest BCUT2D eigenvalue weighted by Crippen LogP contribution is 2.34. The summed E-state index contributed by atoms with van der Waals surface area (Å²) in [6.45, 7) is 1.80. The number of ether oxygens (including phenoxy) is 1. The SMILES string of the molecule is Cc1nc(-c2ccc(C(F)(F)F)cc2)sc1COc1ccc2c(Cl)cn(CC(=O)O)c2c1. The van der Waals surface area contributed by atoms with Crippen molar-refractivity contribution in [3.8, 4) is 16.3 Å². The molecule has 0 saturated heterocycles. The highest BCUT2D eigenvalue weighted by molar-refractivity contribution is 7.15. The fourth-order valence-electron chi connectivity index (χ4n) is 3.23. The van der Waals surface area contributed by atoms with Crippen LogP contribution >= 0.6 is 22.9 Å². The quantitative estimate of drug-likeness (QED) is 0.346. The van der Waals surface area contributed by atoms with Crippen molar-refractivity contribution < 1.29 is 27.8 Å². The minimum Gasteiger partial charge on any atom is -0.488 e. The number of carbonyl (C=O) groups is 1. The van der Waals surface area contributed by atoms with Crippen molar-refractivity contribution in [3.05, 3.63) is 69.8 Å². The van der Waals surface area contributed by atoms with Crippen LogP contribution in [0.3, 0.4) is 0 Å². The van der Waals surface area contributed by atoms with E-state index in [4.69, 9.17) is 21.4 Å². The maximum absolute atomic E-state index is 12.8. The number of benzene rings is 2. The van der Waals surface area contributed by atoms with Crippen LogP contribution in [0.25, 0.3) is 21.5 Å². The molecule has 0 amide bonds. The highest BCUT2D eigenvalue weighted by Gasteiger charge is 2.30. The molecular weight excluding hydrogens is 465 g/mol. The first-order chi connectivity index (χ1) is 15.1. The van der Waals surface area contributed by atoms with E-state index >= 15 is 0 Å². The van der Waals surface area contributed by atoms with E-state index in [2.05, 4.69) is 4.98 Å². The number of aromatic nitrogens is 2. The molecule has 0 fully saturated rings. The average Bonchev–Trinajstić information content (AvgIpc) is 3.25. The van der Waals surface area contributed by atoms with Crippen LogP contribution in [0.5, 0.6) is 5.75 Å². The van der Waals surface area contributed by atoms with Gasteiger partial charge in [0.05, 0.1) is 26.7 Å². The van der Waals surface area contributed by atoms with Gasteiger partial charge in [0.25, 0.3) is 0 Å². The van der Waals surface area contributed by atoms with Crippen LogP contribution < -0.4 is 4.74 Å². The number of halogens is 4. The lowest BCUT2D eigenvalue weighted by Gasteiger charge is -2.07. The van der Waals surface area contributed by atoms with E-state index in [1.165, 1.54) is 28.0 Å². The van der Waals surface area contributed by atoms with E-state index < -0.39 is 17.7 Å². The van der Waals surface area contributed by atoms with Gasteiger partial charge in [0.2, 0.25) is 0 Å². The summed E-state index contributed by atoms with van der Waals surface area (Å²) in [6.07, 6.45) is -2.82. The van der Waals surface area contributed by atoms with E-state index in [1.807, 2.05) is 6.92 Å². The Morgan fingerprint density at radius 3 is 2.59 bits per heavy atom. The number of aryl methyl sites for hydroxylation is 1. The zero-order valence-electron chi connectivity index (χ0n) is 16.6. The number of nitrogens with zero attached hydrogens (tertiary/aromatic N) is 2. The number of thiazole rings is 1. The number of fused-ring (bicyclic) bond motifs is 1. The van der Waals surface area contributed by atoms with Gasteiger partial charge in [-0.2, -0.15) is 13.2 Å². The molecule has 0 unspecified atom stereocenters. The molecule has 0 aliphatic heterocycles. The van der Waals surface area contributed by atoms with Gasteiger partial charge in [-0.15, -0.1) is 11.3 Å². The van der Waals surface area contributed by atoms with Gasteiger partial charge in [-0.05, 0) is 31.2 Å². The Hall–Kier alpha value is -3.04. The van der Waals surface area contributed by atoms with Gasteiger partial charge in [0.1, 0.15) is 23.9 Å². The predicted octanol–water partition coefficient (Wildman–Crippen LogP) is 6.41. The van der Waals surface area contributed by atoms with E-state index in [0.29, 0.717) is 26.9 Å². The lowest BCUT2D eigenvalue weighted by molar-refractivity contribution is -0.138. The lowest BCUT2D eigenvalue weighted by atomic mass is 10.1. The summed E-state index contributed by atoms with van der Waals surface area (Å²) in [6, 6.07) is 10.1. The van der Waals surface area contributed by atoms with Crippen molar-refractivity contribution in [2.24, 2.45) is 0 Å². The van der Waals surface area contributed by atoms with Gasteiger partial charge >= 0.3 is 12.1 Å². The van der Waals surface area contributed by atoms with Gasteiger partial charge in [-0.3, -0.25) is 4.79 Å². The number of alkyl halides is 3. The van der Waals surface area contributed by atoms with Crippen molar-refractivity contribution in [2.45, 2.75) is 26.3 Å². The first-order valence-corrected chi connectivity index (χ1v) is 10.6. The zero-order valence-corrected chi connectivity index (χ0v) is 18.2. The largest absolute Gasteiger partial charge is 0.488 e. The molecule has 0 aliphatic carbocycles. The fraction of sp³-hybridized carbons (Fsp3) is 0.182. The third-order valence-electron chi connectivity index (χ3n) is 4.83. The fourth-order valence-corrected chi connectivity index (χ4v) is 4.49. The summed E-state index contributed by atoms with van der Waals surface area (Å²) in [5.74, 6) is -0.455. The maximum Gasteiger partial charge on any atom is 0.416 e. The van der Waals surface area contributed by atoms with Crippen molar-refractivity contribution in [2.75, 3.05) is 0 Å². The molecular formula is C22H16ClF3N2O3S. The smallest absolute Gasteiger partial charge is 0.416 e. The summed E-state index contributed by atoms with van der Waals surface area (Å²) in [7, 11) is 0. The molecule has 2 heterocycles. The lowest BCUT2D eigenvalue weighted by Crippen LogP contribution is -2.07. The van der Waals surface area contributed by atoms with Crippen molar-refractivity contribution in [1.29, 1.82) is 0 Å². The standard InChI is InChI=1S/C22H16ClF3N2O3S/c1-12-19(32-21(27-12)13-2-4-14(5-3-13)22(24,25)26)11-31-15-6-7-16-17(23)9-28(10-20(29)30)18(16)8-15/h2-9H,10-11H2,1H3,(H,29,30). The minimum atomic E-state index is -4.38. The normalized spacial score (nSPS) is 11.8. The Balaban J connectivity index is 1.53. The summed E-state index contributed by atoms with van der Waals surface area (Å²) in [5.41, 5.74) is 1.26. The number of aliphatic carboxylic acids is 1. The second kappa shape index (κ2) is 8.48. The van der Waals surface area contributed by atoms with E-state index in [1.54, 1.807) is 24.4 Å². The van der Waals surface area contributed by atoms with Crippen molar-refractivity contribution in [1.82, 2.24) is 9.55 Å². The minimum absolute atomic E-state index is 0.211. The molecule has 32 heavy (non-hydrogen) atoms. The molecule has 10 heteroatoms. The molecule has 2 aromatic carbocycles. The van der Waals surface area contributed by atoms with Crippen molar-refractivity contribution in [3.63, 3.8) is 0 Å². The molecule has 2 aromatic heterocycles. The second-order valence-electron chi connectivity index (χ2n) is 7.07. The Morgan fingerprint density at radius 1 is 1.22 bits per heavy atom. The summed E-state index contributed by atoms with van der Waals surface area (Å²) in [4.78, 5) is 16.4. The number of hydrogen-bond donors (Lipinski definition) is 1. The van der Waals surface area contributed by atoms with Gasteiger partial charge in [0.15, 0.2) is 0 Å². The molecule has 5 nitrogen and oxygen atoms in total. The number of carboxylic acids is 1. The molecule has 4 rings (SSSR count). The van der Waals surface area contributed by atoms with Gasteiger partial charge in [-0.1, -0.05) is 23.7 Å². The molecule has 0 saturated carbocycles. The Bertz CT molecular complexity index is 1300. The van der Waals surface area contributed by atoms with Crippen LogP contribution in [0.4, 0.5) is 13.2 Å². The monoisotopic (exact) mass is 480 g/mol. The average molecular weight is 481 g/mol. The van der Waals surface area contributed by atoms with Crippen LogP contribution in [0, 0.1) is 6.92 Å². The summed E-state index contributed by atoms with van der Waals surface area (Å²) >= 11 is 7.52. The zero-order chi connectivity index (χ0) is 23.0. The van der Waals surface area contributed by atoms with Crippen LogP contribution in [0.15, 0.2) is 48.7 Å². The molecule has 166 valence electrons. The van der Waals surface area contributed by atoms with Gasteiger partial charge in [-0.25, -0.2) is 4.98 Å². The maximum atomic E-state index is 12.8. The van der Waals surface area contributed by atoms with Crippen molar-refractivity contribution >= 4 is 39.8 Å². The molecule has 1 N–H and O–H groups in total. The van der Waals surface area contributed by atoms with E-state index in [-0.39, 0.29) is 13.2 Å². The number of rotatable bonds is 6. The molecule has 4 aromatic rings. The van der Waals surface area contributed by atoms with Gasteiger partial charge < -0.3 is 14.4 Å². The Morgan fingerprint density at radius 2 is 1.94 bits per heavy atom. The molecule has 0 aliphatic rings. The number of carboxylic acid groups (broad SMARTS) is 1. The highest BCUT2D eigenvalue weighted by atomic mass is 35.5. The summed E-state index contributed by atoms with van der Waals surface area (Å²) in [5, 5.41) is 10.9. The Labute approximate surface area is 189 Å². The topological polar surface area (TPSA) is 64.4 Å². The van der Waals surface area contributed by atoms with Gasteiger partial charge in [0, 0.05) is 23.2 Å². The Kier molecular flexibility index (Phi) is 5.87. The van der Waals surface area contributed by atoms with E-state index in [0.717, 1.165) is 28.1 Å². The van der Waals surface area contributed by atoms with Crippen LogP contribution in [-0.2, 0) is 24.1 Å². The second-order valence-corrected chi connectivity index (χ2v) is 8.56. The molecule has 0 spiro atoms. The molecule has 0 atom stereocenters. The third kappa shape index (κ3) is 4.58. The van der Waals surface area contributed by atoms with E-state index in [9.17, 15) is 18.0 Å². The molecule has 0 bridgehead atoms. The third-order valence-corrected chi connectivity index (χ3v) is 6.31.